The van der Waals surface area contributed by atoms with Crippen LogP contribution in [0.25, 0.3) is 0 Å². The van der Waals surface area contributed by atoms with Gasteiger partial charge in [0.2, 0.25) is 0 Å². The average molecular weight is 595 g/mol. The number of carbonyl (C=O) groups excluding carboxylic acids is 2. The lowest BCUT2D eigenvalue weighted by Crippen LogP contribution is -2.12. The quantitative estimate of drug-likeness (QED) is 0.159. The van der Waals surface area contributed by atoms with Crippen LogP contribution in [0.5, 0.6) is 0 Å². The second-order valence-electron chi connectivity index (χ2n) is 8.20. The van der Waals surface area contributed by atoms with Gasteiger partial charge in [-0.3, -0.25) is 9.59 Å². The predicted molar refractivity (Wildman–Crippen MR) is 134 cm³/mol. The van der Waals surface area contributed by atoms with E-state index in [0.29, 0.717) is 23.5 Å². The monoisotopic (exact) mass is 594 g/mol. The van der Waals surface area contributed by atoms with Crippen LogP contribution in [0.2, 0.25) is 0 Å². The van der Waals surface area contributed by atoms with Crippen molar-refractivity contribution in [1.29, 1.82) is 10.5 Å². The number of rotatable bonds is 8. The maximum absolute atomic E-state index is 13.3. The number of benzene rings is 1. The summed E-state index contributed by atoms with van der Waals surface area (Å²) in [7, 11) is 0. The molecular weight excluding hydrogens is 578 g/mol. The van der Waals surface area contributed by atoms with E-state index in [0.717, 1.165) is 12.1 Å². The zero-order chi connectivity index (χ0) is 29.8. The predicted octanol–water partition coefficient (Wildman–Crippen LogP) is 6.82. The van der Waals surface area contributed by atoms with Gasteiger partial charge >= 0.3 is 12.4 Å². The SMILES string of the molecule is Cc1cc(C(F)(F)F)c(C#N)c(SCC(=O)c2ccc(C(=O)CSc3nc(C)cc(C(F)(F)F)c3C#N)cc2)n1. The van der Waals surface area contributed by atoms with Crippen molar-refractivity contribution < 1.29 is 35.9 Å². The summed E-state index contributed by atoms with van der Waals surface area (Å²) in [6.45, 7) is 2.67. The van der Waals surface area contributed by atoms with Gasteiger partial charge in [-0.15, -0.1) is 0 Å². The molecule has 2 heterocycles. The van der Waals surface area contributed by atoms with Gasteiger partial charge in [0.1, 0.15) is 22.2 Å². The summed E-state index contributed by atoms with van der Waals surface area (Å²) in [6, 6.07) is 9.79. The molecule has 0 aliphatic heterocycles. The Morgan fingerprint density at radius 3 is 1.32 bits per heavy atom. The van der Waals surface area contributed by atoms with Crippen LogP contribution in [-0.2, 0) is 12.4 Å². The molecule has 0 saturated carbocycles. The van der Waals surface area contributed by atoms with Gasteiger partial charge in [-0.25, -0.2) is 9.97 Å². The molecule has 0 saturated heterocycles. The van der Waals surface area contributed by atoms with Crippen molar-refractivity contribution in [3.63, 3.8) is 0 Å². The fourth-order valence-electron chi connectivity index (χ4n) is 3.44. The Balaban J connectivity index is 1.70. The van der Waals surface area contributed by atoms with E-state index in [9.17, 15) is 46.5 Å². The van der Waals surface area contributed by atoms with Crippen molar-refractivity contribution in [3.8, 4) is 12.1 Å². The fraction of sp³-hybridized carbons (Fsp3) is 0.231. The molecule has 0 N–H and O–H groups in total. The van der Waals surface area contributed by atoms with E-state index < -0.39 is 46.2 Å². The molecule has 0 atom stereocenters. The molecule has 0 unspecified atom stereocenters. The number of hydrogen-bond acceptors (Lipinski definition) is 8. The zero-order valence-electron chi connectivity index (χ0n) is 20.6. The minimum Gasteiger partial charge on any atom is -0.293 e. The number of nitrogens with zero attached hydrogens (tertiary/aromatic N) is 4. The van der Waals surface area contributed by atoms with E-state index >= 15 is 0 Å². The van der Waals surface area contributed by atoms with Crippen LogP contribution >= 0.6 is 23.5 Å². The summed E-state index contributed by atoms with van der Waals surface area (Å²) in [5.74, 6) is -1.66. The molecule has 206 valence electrons. The normalized spacial score (nSPS) is 11.6. The molecular formula is C26H16F6N4O2S2. The van der Waals surface area contributed by atoms with Crippen LogP contribution in [0.4, 0.5) is 26.3 Å². The first kappa shape index (κ1) is 30.7. The number of alkyl halides is 6. The Morgan fingerprint density at radius 1 is 0.725 bits per heavy atom. The number of carbonyl (C=O) groups is 2. The molecule has 3 rings (SSSR count). The highest BCUT2D eigenvalue weighted by Crippen LogP contribution is 2.37. The van der Waals surface area contributed by atoms with Gasteiger partial charge in [0, 0.05) is 22.5 Å². The van der Waals surface area contributed by atoms with Gasteiger partial charge in [0.05, 0.1) is 33.8 Å². The van der Waals surface area contributed by atoms with Crippen LogP contribution in [0.1, 0.15) is 54.4 Å². The number of halogens is 6. The number of ketones is 2. The van der Waals surface area contributed by atoms with Gasteiger partial charge in [-0.1, -0.05) is 47.8 Å². The van der Waals surface area contributed by atoms with E-state index in [-0.39, 0.29) is 44.1 Å². The minimum atomic E-state index is -4.77. The van der Waals surface area contributed by atoms with Gasteiger partial charge in [-0.05, 0) is 26.0 Å². The number of aromatic nitrogens is 2. The van der Waals surface area contributed by atoms with Crippen molar-refractivity contribution in [2.75, 3.05) is 11.5 Å². The summed E-state index contributed by atoms with van der Waals surface area (Å²) in [5.41, 5.74) is -3.31. The van der Waals surface area contributed by atoms with E-state index in [1.54, 1.807) is 0 Å². The number of pyridine rings is 2. The average Bonchev–Trinajstić information content (AvgIpc) is 2.88. The third kappa shape index (κ3) is 7.20. The van der Waals surface area contributed by atoms with E-state index in [4.69, 9.17) is 0 Å². The molecule has 0 spiro atoms. The third-order valence-electron chi connectivity index (χ3n) is 5.27. The van der Waals surface area contributed by atoms with Gasteiger partial charge in [-0.2, -0.15) is 36.9 Å². The number of Topliss-reactive ketones (excluding diaryl/α,β-unsaturated/α-hetero) is 2. The van der Waals surface area contributed by atoms with Crippen LogP contribution in [0.3, 0.4) is 0 Å². The summed E-state index contributed by atoms with van der Waals surface area (Å²) < 4.78 is 79.7. The Morgan fingerprint density at radius 2 is 1.05 bits per heavy atom. The summed E-state index contributed by atoms with van der Waals surface area (Å²) in [4.78, 5) is 33.1. The largest absolute Gasteiger partial charge is 0.417 e. The molecule has 0 amide bonds. The Hall–Kier alpha value is -3.88. The number of aryl methyl sites for hydroxylation is 2. The summed E-state index contributed by atoms with van der Waals surface area (Å²) >= 11 is 1.35. The van der Waals surface area contributed by atoms with Crippen LogP contribution in [0, 0.1) is 36.5 Å². The number of hydrogen-bond donors (Lipinski definition) is 0. The van der Waals surface area contributed by atoms with Crippen molar-refractivity contribution in [3.05, 3.63) is 81.2 Å². The molecule has 40 heavy (non-hydrogen) atoms. The highest BCUT2D eigenvalue weighted by atomic mass is 32.2. The topological polar surface area (TPSA) is 107 Å². The number of nitriles is 2. The lowest BCUT2D eigenvalue weighted by Gasteiger charge is -2.13. The van der Waals surface area contributed by atoms with Crippen LogP contribution < -0.4 is 0 Å². The van der Waals surface area contributed by atoms with Crippen LogP contribution in [0.15, 0.2) is 46.5 Å². The summed E-state index contributed by atoms with van der Waals surface area (Å²) in [6.07, 6.45) is -9.55. The van der Waals surface area contributed by atoms with Crippen molar-refractivity contribution in [2.24, 2.45) is 0 Å². The minimum absolute atomic E-state index is 0.0272. The zero-order valence-corrected chi connectivity index (χ0v) is 22.2. The first-order chi connectivity index (χ1) is 18.6. The first-order valence-corrected chi connectivity index (χ1v) is 13.0. The molecule has 0 fully saturated rings. The molecule has 6 nitrogen and oxygen atoms in total. The Kier molecular flexibility index (Phi) is 9.28. The number of thioether (sulfide) groups is 2. The second kappa shape index (κ2) is 12.1. The molecule has 0 radical (unpaired) electrons. The molecule has 0 aliphatic carbocycles. The molecule has 1 aromatic carbocycles. The highest BCUT2D eigenvalue weighted by Gasteiger charge is 2.36. The highest BCUT2D eigenvalue weighted by molar-refractivity contribution is 8.00. The first-order valence-electron chi connectivity index (χ1n) is 11.1. The van der Waals surface area contributed by atoms with Gasteiger partial charge in [0.25, 0.3) is 0 Å². The van der Waals surface area contributed by atoms with Gasteiger partial charge < -0.3 is 0 Å². The Bertz CT molecular complexity index is 1440. The molecule has 2 aromatic heterocycles. The molecule has 0 bridgehead atoms. The molecule has 14 heteroatoms. The maximum atomic E-state index is 13.3. The lowest BCUT2D eigenvalue weighted by atomic mass is 10.1. The van der Waals surface area contributed by atoms with E-state index in [1.807, 2.05) is 0 Å². The Labute approximate surface area is 232 Å². The fourth-order valence-corrected chi connectivity index (χ4v) is 5.32. The van der Waals surface area contributed by atoms with E-state index in [2.05, 4.69) is 9.97 Å². The maximum Gasteiger partial charge on any atom is 0.417 e. The standard InChI is InChI=1S/C26H16F6N4O2S2/c1-13-7-19(25(27,28)29)17(9-33)23(35-13)39-11-21(37)15-3-5-16(6-4-15)22(38)12-40-24-18(10-34)20(26(30,31)32)8-14(2)36-24/h3-8H,11-12H2,1-2H3. The summed E-state index contributed by atoms with van der Waals surface area (Å²) in [5, 5.41) is 18.0. The van der Waals surface area contributed by atoms with Crippen LogP contribution in [-0.4, -0.2) is 33.0 Å². The van der Waals surface area contributed by atoms with E-state index in [1.165, 1.54) is 50.3 Å². The van der Waals surface area contributed by atoms with Crippen molar-refractivity contribution in [1.82, 2.24) is 9.97 Å². The smallest absolute Gasteiger partial charge is 0.293 e. The van der Waals surface area contributed by atoms with Crippen molar-refractivity contribution in [2.45, 2.75) is 36.3 Å². The molecule has 3 aromatic rings. The lowest BCUT2D eigenvalue weighted by molar-refractivity contribution is -0.138. The third-order valence-corrected chi connectivity index (χ3v) is 7.22. The van der Waals surface area contributed by atoms with Crippen molar-refractivity contribution >= 4 is 35.1 Å². The second-order valence-corrected chi connectivity index (χ2v) is 10.1. The van der Waals surface area contributed by atoms with Gasteiger partial charge in [0.15, 0.2) is 11.6 Å². The molecule has 0 aliphatic rings.